The lowest BCUT2D eigenvalue weighted by Gasteiger charge is -2.32. The summed E-state index contributed by atoms with van der Waals surface area (Å²) in [5.74, 6) is 0.940. The molecular weight excluding hydrogens is 270 g/mol. The first-order valence-electron chi connectivity index (χ1n) is 7.88. The molecule has 0 aromatic rings. The second-order valence-electron chi connectivity index (χ2n) is 6.23. The van der Waals surface area contributed by atoms with Crippen LogP contribution in [0.15, 0.2) is 0 Å². The van der Waals surface area contributed by atoms with E-state index in [1.165, 1.54) is 0 Å². The molecule has 2 aliphatic rings. The van der Waals surface area contributed by atoms with Gasteiger partial charge in [0.1, 0.15) is 0 Å². The van der Waals surface area contributed by atoms with Crippen LogP contribution >= 0.6 is 0 Å². The molecule has 2 amide bonds. The number of carbonyl (C=O) groups is 2. The number of likely N-dealkylation sites (N-methyl/N-ethyl adjacent to an activating group) is 1. The molecule has 0 spiro atoms. The SMILES string of the molecule is CC1CCN(C(=O)CN(C)CC(=O)N2CCOCC2)CC1. The zero-order chi connectivity index (χ0) is 15.2. The maximum Gasteiger partial charge on any atom is 0.236 e. The van der Waals surface area contributed by atoms with Crippen LogP contribution in [0.1, 0.15) is 19.8 Å². The standard InChI is InChI=1S/C15H27N3O3/c1-13-3-5-17(6-4-13)14(19)11-16(2)12-15(20)18-7-9-21-10-8-18/h13H,3-12H2,1-2H3. The summed E-state index contributed by atoms with van der Waals surface area (Å²) in [5, 5.41) is 0. The fourth-order valence-electron chi connectivity index (χ4n) is 2.79. The second-order valence-corrected chi connectivity index (χ2v) is 6.23. The van der Waals surface area contributed by atoms with Gasteiger partial charge in [-0.2, -0.15) is 0 Å². The summed E-state index contributed by atoms with van der Waals surface area (Å²) in [5.41, 5.74) is 0. The van der Waals surface area contributed by atoms with Gasteiger partial charge in [-0.1, -0.05) is 6.92 Å². The van der Waals surface area contributed by atoms with Crippen LogP contribution in [-0.2, 0) is 14.3 Å². The first-order chi connectivity index (χ1) is 10.1. The van der Waals surface area contributed by atoms with Crippen molar-refractivity contribution in [3.05, 3.63) is 0 Å². The van der Waals surface area contributed by atoms with E-state index in [4.69, 9.17) is 4.74 Å². The molecular formula is C15H27N3O3. The molecule has 6 nitrogen and oxygen atoms in total. The number of ether oxygens (including phenoxy) is 1. The van der Waals surface area contributed by atoms with Crippen molar-refractivity contribution in [3.63, 3.8) is 0 Å². The van der Waals surface area contributed by atoms with E-state index >= 15 is 0 Å². The van der Waals surface area contributed by atoms with E-state index in [1.807, 2.05) is 21.7 Å². The predicted octanol–water partition coefficient (Wildman–Crippen LogP) is 0.0355. The molecule has 0 aromatic carbocycles. The number of piperidine rings is 1. The van der Waals surface area contributed by atoms with Crippen molar-refractivity contribution >= 4 is 11.8 Å². The van der Waals surface area contributed by atoms with Gasteiger partial charge in [-0.25, -0.2) is 0 Å². The molecule has 0 saturated carbocycles. The Bertz CT molecular complexity index is 361. The quantitative estimate of drug-likeness (QED) is 0.735. The Morgan fingerprint density at radius 1 is 1.00 bits per heavy atom. The maximum atomic E-state index is 12.2. The Kier molecular flexibility index (Phi) is 5.99. The molecule has 0 atom stereocenters. The summed E-state index contributed by atoms with van der Waals surface area (Å²) >= 11 is 0. The second kappa shape index (κ2) is 7.75. The van der Waals surface area contributed by atoms with Crippen LogP contribution in [0.25, 0.3) is 0 Å². The van der Waals surface area contributed by atoms with Gasteiger partial charge in [0.05, 0.1) is 26.3 Å². The van der Waals surface area contributed by atoms with Crippen molar-refractivity contribution in [3.8, 4) is 0 Å². The molecule has 0 aromatic heterocycles. The molecule has 0 aliphatic carbocycles. The van der Waals surface area contributed by atoms with E-state index in [9.17, 15) is 9.59 Å². The van der Waals surface area contributed by atoms with Crippen LogP contribution in [0.5, 0.6) is 0 Å². The monoisotopic (exact) mass is 297 g/mol. The summed E-state index contributed by atoms with van der Waals surface area (Å²) in [6, 6.07) is 0. The van der Waals surface area contributed by atoms with Crippen LogP contribution in [0, 0.1) is 5.92 Å². The van der Waals surface area contributed by atoms with Crippen LogP contribution in [0.3, 0.4) is 0 Å². The topological polar surface area (TPSA) is 53.1 Å². The molecule has 2 saturated heterocycles. The Morgan fingerprint density at radius 3 is 2.00 bits per heavy atom. The zero-order valence-corrected chi connectivity index (χ0v) is 13.2. The predicted molar refractivity (Wildman–Crippen MR) is 79.9 cm³/mol. The highest BCUT2D eigenvalue weighted by Gasteiger charge is 2.23. The lowest BCUT2D eigenvalue weighted by atomic mass is 9.99. The Hall–Kier alpha value is -1.14. The summed E-state index contributed by atoms with van der Waals surface area (Å²) in [6.45, 7) is 7.10. The number of hydrogen-bond acceptors (Lipinski definition) is 4. The molecule has 0 bridgehead atoms. The van der Waals surface area contributed by atoms with Gasteiger partial charge in [0.2, 0.25) is 11.8 Å². The van der Waals surface area contributed by atoms with Gasteiger partial charge in [-0.05, 0) is 25.8 Å². The van der Waals surface area contributed by atoms with Crippen molar-refractivity contribution in [1.29, 1.82) is 0 Å². The third kappa shape index (κ3) is 4.97. The lowest BCUT2D eigenvalue weighted by molar-refractivity contribution is -0.138. The highest BCUT2D eigenvalue weighted by molar-refractivity contribution is 5.81. The number of carbonyl (C=O) groups excluding carboxylic acids is 2. The number of rotatable bonds is 4. The average molecular weight is 297 g/mol. The van der Waals surface area contributed by atoms with E-state index in [-0.39, 0.29) is 11.8 Å². The fraction of sp³-hybridized carbons (Fsp3) is 0.867. The highest BCUT2D eigenvalue weighted by Crippen LogP contribution is 2.16. The highest BCUT2D eigenvalue weighted by atomic mass is 16.5. The van der Waals surface area contributed by atoms with Gasteiger partial charge in [0.15, 0.2) is 0 Å². The molecule has 2 rings (SSSR count). The van der Waals surface area contributed by atoms with Crippen molar-refractivity contribution in [1.82, 2.24) is 14.7 Å². The fourth-order valence-corrected chi connectivity index (χ4v) is 2.79. The molecule has 2 fully saturated rings. The zero-order valence-electron chi connectivity index (χ0n) is 13.2. The van der Waals surface area contributed by atoms with Crippen molar-refractivity contribution in [2.75, 3.05) is 59.5 Å². The lowest BCUT2D eigenvalue weighted by Crippen LogP contribution is -2.48. The van der Waals surface area contributed by atoms with E-state index < -0.39 is 0 Å². The average Bonchev–Trinajstić information content (AvgIpc) is 2.48. The van der Waals surface area contributed by atoms with Crippen LogP contribution in [0.4, 0.5) is 0 Å². The molecule has 120 valence electrons. The molecule has 0 unspecified atom stereocenters. The van der Waals surface area contributed by atoms with Gasteiger partial charge in [-0.15, -0.1) is 0 Å². The van der Waals surface area contributed by atoms with Crippen LogP contribution in [0.2, 0.25) is 0 Å². The van der Waals surface area contributed by atoms with Crippen molar-refractivity contribution in [2.45, 2.75) is 19.8 Å². The third-order valence-corrected chi connectivity index (χ3v) is 4.31. The Labute approximate surface area is 127 Å². The first kappa shape index (κ1) is 16.2. The minimum Gasteiger partial charge on any atom is -0.378 e. The minimum atomic E-state index is 0.0841. The Balaban J connectivity index is 1.71. The summed E-state index contributed by atoms with van der Waals surface area (Å²) < 4.78 is 5.24. The minimum absolute atomic E-state index is 0.0841. The van der Waals surface area contributed by atoms with Crippen molar-refractivity contribution in [2.24, 2.45) is 5.92 Å². The smallest absolute Gasteiger partial charge is 0.236 e. The largest absolute Gasteiger partial charge is 0.378 e. The molecule has 2 aliphatic heterocycles. The van der Waals surface area contributed by atoms with Gasteiger partial charge in [0, 0.05) is 26.2 Å². The summed E-state index contributed by atoms with van der Waals surface area (Å²) in [4.78, 5) is 29.9. The molecule has 0 N–H and O–H groups in total. The summed E-state index contributed by atoms with van der Waals surface area (Å²) in [6.07, 6.45) is 2.17. The first-order valence-corrected chi connectivity index (χ1v) is 7.88. The molecule has 6 heteroatoms. The van der Waals surface area contributed by atoms with E-state index in [0.717, 1.165) is 31.8 Å². The summed E-state index contributed by atoms with van der Waals surface area (Å²) in [7, 11) is 1.84. The van der Waals surface area contributed by atoms with E-state index in [2.05, 4.69) is 6.92 Å². The van der Waals surface area contributed by atoms with Crippen molar-refractivity contribution < 1.29 is 14.3 Å². The number of amides is 2. The third-order valence-electron chi connectivity index (χ3n) is 4.31. The van der Waals surface area contributed by atoms with Crippen LogP contribution in [-0.4, -0.2) is 86.0 Å². The van der Waals surface area contributed by atoms with Gasteiger partial charge in [-0.3, -0.25) is 14.5 Å². The van der Waals surface area contributed by atoms with Crippen LogP contribution < -0.4 is 0 Å². The van der Waals surface area contributed by atoms with E-state index in [1.54, 1.807) is 0 Å². The number of morpholine rings is 1. The number of hydrogen-bond donors (Lipinski definition) is 0. The van der Waals surface area contributed by atoms with E-state index in [0.29, 0.717) is 39.4 Å². The maximum absolute atomic E-state index is 12.2. The van der Waals surface area contributed by atoms with Gasteiger partial charge in [0.25, 0.3) is 0 Å². The molecule has 21 heavy (non-hydrogen) atoms. The van der Waals surface area contributed by atoms with Gasteiger partial charge < -0.3 is 14.5 Å². The normalized spacial score (nSPS) is 20.9. The number of nitrogens with zero attached hydrogens (tertiary/aromatic N) is 3. The van der Waals surface area contributed by atoms with Gasteiger partial charge >= 0.3 is 0 Å². The Morgan fingerprint density at radius 2 is 1.48 bits per heavy atom. The molecule has 2 heterocycles. The number of likely N-dealkylation sites (tertiary alicyclic amines) is 1. The molecule has 0 radical (unpaired) electrons.